The van der Waals surface area contributed by atoms with Crippen molar-refractivity contribution in [2.75, 3.05) is 0 Å². The Morgan fingerprint density at radius 3 is 2.28 bits per heavy atom. The number of pyridine rings is 2. The summed E-state index contributed by atoms with van der Waals surface area (Å²) >= 11 is -1.87. The zero-order chi connectivity index (χ0) is 34.0. The van der Waals surface area contributed by atoms with Crippen LogP contribution < -0.4 is 4.40 Å². The SMILES string of the molecule is Cc1ccnc(-c2[c-]ccc3c2oc2cc(-c4ccccc4)cc(C)c23)c1.[CH3][Ge]([CH3])([CH3])[c]1cnc(-c2[c-]cccc2)cc1CC1CCCC1.[Ir]. The number of hydrogen-bond acceptors (Lipinski definition) is 3. The van der Waals surface area contributed by atoms with E-state index in [-0.39, 0.29) is 20.1 Å². The fourth-order valence-electron chi connectivity index (χ4n) is 7.30. The van der Waals surface area contributed by atoms with E-state index < -0.39 is 13.3 Å². The van der Waals surface area contributed by atoms with Crippen LogP contribution in [0.2, 0.25) is 17.3 Å². The van der Waals surface area contributed by atoms with Crippen molar-refractivity contribution in [3.8, 4) is 33.6 Å². The fraction of sp³-hybridized carbons (Fsp3) is 0.244. The maximum atomic E-state index is 6.35. The molecule has 0 unspecified atom stereocenters. The van der Waals surface area contributed by atoms with Gasteiger partial charge >= 0.3 is 137 Å². The van der Waals surface area contributed by atoms with Gasteiger partial charge in [0.15, 0.2) is 0 Å². The molecule has 50 heavy (non-hydrogen) atoms. The molecule has 7 aromatic rings. The third-order valence-corrected chi connectivity index (χ3v) is 14.1. The van der Waals surface area contributed by atoms with Crippen molar-refractivity contribution in [2.45, 2.75) is 63.2 Å². The predicted octanol–water partition coefficient (Wildman–Crippen LogP) is 11.6. The van der Waals surface area contributed by atoms with Crippen molar-refractivity contribution in [1.29, 1.82) is 0 Å². The molecular formula is C45H44GeIrN2O-2. The van der Waals surface area contributed by atoms with Crippen LogP contribution in [0.15, 0.2) is 114 Å². The van der Waals surface area contributed by atoms with E-state index in [9.17, 15) is 0 Å². The van der Waals surface area contributed by atoms with Crippen LogP contribution in [-0.2, 0) is 26.5 Å². The molecular weight excluding hydrogens is 849 g/mol. The first kappa shape index (κ1) is 36.0. The van der Waals surface area contributed by atoms with E-state index in [0.717, 1.165) is 50.4 Å². The first-order valence-electron chi connectivity index (χ1n) is 17.6. The van der Waals surface area contributed by atoms with Gasteiger partial charge in [0, 0.05) is 31.7 Å². The van der Waals surface area contributed by atoms with Crippen LogP contribution in [0.25, 0.3) is 55.6 Å². The Morgan fingerprint density at radius 1 is 0.780 bits per heavy atom. The predicted molar refractivity (Wildman–Crippen MR) is 208 cm³/mol. The van der Waals surface area contributed by atoms with Gasteiger partial charge in [0.05, 0.1) is 5.58 Å². The number of aromatic nitrogens is 2. The monoisotopic (exact) mass is 895 g/mol. The molecule has 0 spiro atoms. The average molecular weight is 894 g/mol. The summed E-state index contributed by atoms with van der Waals surface area (Å²) in [6.07, 6.45) is 10.9. The van der Waals surface area contributed by atoms with Crippen molar-refractivity contribution < 1.29 is 24.5 Å². The van der Waals surface area contributed by atoms with E-state index in [1.807, 2.05) is 36.5 Å². The van der Waals surface area contributed by atoms with Crippen molar-refractivity contribution in [1.82, 2.24) is 9.97 Å². The molecule has 1 saturated carbocycles. The molecule has 8 rings (SSSR count). The zero-order valence-electron chi connectivity index (χ0n) is 29.6. The minimum atomic E-state index is -1.87. The molecule has 0 atom stereocenters. The molecule has 0 saturated heterocycles. The molecule has 1 aliphatic rings. The molecule has 1 aliphatic carbocycles. The van der Waals surface area contributed by atoms with Gasteiger partial charge in [-0.1, -0.05) is 59.0 Å². The summed E-state index contributed by atoms with van der Waals surface area (Å²) in [6, 6.07) is 40.0. The Labute approximate surface area is 313 Å². The first-order chi connectivity index (χ1) is 23.7. The minimum Gasteiger partial charge on any atom is 0 e. The third kappa shape index (κ3) is 7.89. The second-order valence-corrected chi connectivity index (χ2v) is 25.1. The van der Waals surface area contributed by atoms with E-state index in [1.165, 1.54) is 54.4 Å². The van der Waals surface area contributed by atoms with Crippen LogP contribution in [0, 0.1) is 31.9 Å². The molecule has 1 radical (unpaired) electrons. The van der Waals surface area contributed by atoms with Crippen molar-refractivity contribution in [2.24, 2.45) is 5.92 Å². The Hall–Kier alpha value is -3.83. The number of fused-ring (bicyclic) bond motifs is 3. The van der Waals surface area contributed by atoms with Crippen molar-refractivity contribution in [3.63, 3.8) is 0 Å². The molecule has 1 fully saturated rings. The topological polar surface area (TPSA) is 38.9 Å². The Bertz CT molecular complexity index is 2210. The Balaban J connectivity index is 0.000000173. The minimum absolute atomic E-state index is 0. The van der Waals surface area contributed by atoms with Gasteiger partial charge in [0.1, 0.15) is 5.58 Å². The van der Waals surface area contributed by atoms with Crippen LogP contribution in [-0.4, -0.2) is 23.2 Å². The van der Waals surface area contributed by atoms with Crippen LogP contribution in [0.4, 0.5) is 0 Å². The van der Waals surface area contributed by atoms with Crippen LogP contribution in [0.3, 0.4) is 0 Å². The molecule has 3 aromatic heterocycles. The summed E-state index contributed by atoms with van der Waals surface area (Å²) in [4.78, 5) is 9.29. The maximum absolute atomic E-state index is 6.35. The number of nitrogens with zero attached hydrogens (tertiary/aromatic N) is 2. The molecule has 0 amide bonds. The fourth-order valence-corrected chi connectivity index (χ4v) is 10.6. The van der Waals surface area contributed by atoms with Crippen LogP contribution in [0.1, 0.15) is 42.4 Å². The van der Waals surface area contributed by atoms with Crippen molar-refractivity contribution in [3.05, 3.63) is 138 Å². The maximum Gasteiger partial charge on any atom is 0 e. The molecule has 0 bridgehead atoms. The third-order valence-electron chi connectivity index (χ3n) is 9.77. The smallest absolute Gasteiger partial charge is 0 e. The van der Waals surface area contributed by atoms with E-state index in [2.05, 4.69) is 121 Å². The molecule has 0 N–H and O–H groups in total. The number of hydrogen-bond donors (Lipinski definition) is 0. The molecule has 0 aliphatic heterocycles. The van der Waals surface area contributed by atoms with Gasteiger partial charge in [0.25, 0.3) is 0 Å². The Morgan fingerprint density at radius 2 is 1.56 bits per heavy atom. The molecule has 3 nitrogen and oxygen atoms in total. The number of aryl methyl sites for hydroxylation is 2. The van der Waals surface area contributed by atoms with E-state index >= 15 is 0 Å². The standard InChI is InChI=1S/C25H18NO.C20H26GeN.Ir/c1-16-11-12-26-22(13-16)20-9-6-10-21-24-17(2)14-19(15-23(24)27-25(20)21)18-7-4-3-5-8-18;1-21(2,3)19-15-22-20(17-11-5-4-6-12-17)14-18(19)13-16-9-7-8-10-16;/h3-8,10-15H,1-2H3;4-6,11,14-16H,7-10,13H2,1-3H3;/q2*-1;. The second-order valence-electron chi connectivity index (χ2n) is 14.6. The summed E-state index contributed by atoms with van der Waals surface area (Å²) in [5, 5.41) is 2.27. The first-order valence-corrected chi connectivity index (χ1v) is 24.9. The quantitative estimate of drug-likeness (QED) is 0.123. The molecule has 255 valence electrons. The summed E-state index contributed by atoms with van der Waals surface area (Å²) < 4.78 is 7.94. The summed E-state index contributed by atoms with van der Waals surface area (Å²) in [6.45, 7) is 4.21. The molecule has 5 heteroatoms. The number of furan rings is 1. The van der Waals surface area contributed by atoms with E-state index in [0.29, 0.717) is 0 Å². The average Bonchev–Trinajstić information content (AvgIpc) is 3.77. The summed E-state index contributed by atoms with van der Waals surface area (Å²) in [5.41, 5.74) is 12.1. The number of benzene rings is 4. The van der Waals surface area contributed by atoms with E-state index in [4.69, 9.17) is 9.40 Å². The van der Waals surface area contributed by atoms with Gasteiger partial charge < -0.3 is 9.40 Å². The number of rotatable bonds is 6. The second kappa shape index (κ2) is 15.6. The van der Waals surface area contributed by atoms with Gasteiger partial charge in [0.2, 0.25) is 0 Å². The zero-order valence-corrected chi connectivity index (χ0v) is 34.1. The van der Waals surface area contributed by atoms with Gasteiger partial charge in [-0.05, 0) is 48.4 Å². The molecule has 4 aromatic carbocycles. The van der Waals surface area contributed by atoms with Gasteiger partial charge in [-0.15, -0.1) is 18.2 Å². The van der Waals surface area contributed by atoms with Crippen molar-refractivity contribution >= 4 is 39.6 Å². The summed E-state index contributed by atoms with van der Waals surface area (Å²) in [7, 11) is 0. The van der Waals surface area contributed by atoms with Gasteiger partial charge in [-0.3, -0.25) is 0 Å². The summed E-state index contributed by atoms with van der Waals surface area (Å²) in [5.74, 6) is 8.31. The van der Waals surface area contributed by atoms with Gasteiger partial charge in [-0.25, -0.2) is 0 Å². The van der Waals surface area contributed by atoms with Gasteiger partial charge in [-0.2, -0.15) is 0 Å². The Kier molecular flexibility index (Phi) is 11.2. The van der Waals surface area contributed by atoms with Crippen LogP contribution >= 0.6 is 0 Å². The molecule has 3 heterocycles. The normalized spacial score (nSPS) is 13.2. The van der Waals surface area contributed by atoms with Crippen LogP contribution in [0.5, 0.6) is 0 Å². The largest absolute Gasteiger partial charge is 0 e. The van der Waals surface area contributed by atoms with E-state index in [1.54, 1.807) is 9.96 Å².